The molecule has 0 saturated carbocycles. The Kier molecular flexibility index (Phi) is 4.47. The molecule has 3 rings (SSSR count). The zero-order valence-electron chi connectivity index (χ0n) is 13.8. The molecule has 0 fully saturated rings. The van der Waals surface area contributed by atoms with Crippen molar-refractivity contribution in [3.63, 3.8) is 0 Å². The lowest BCUT2D eigenvalue weighted by Crippen LogP contribution is -2.30. The Balaban J connectivity index is 0.000000774. The fourth-order valence-electron chi connectivity index (χ4n) is 2.11. The molecule has 0 aromatic carbocycles. The van der Waals surface area contributed by atoms with Gasteiger partial charge >= 0.3 is 0 Å². The fourth-order valence-corrected chi connectivity index (χ4v) is 3.17. The highest BCUT2D eigenvalue weighted by Crippen LogP contribution is 2.41. The van der Waals surface area contributed by atoms with E-state index < -0.39 is 0 Å². The molecule has 0 aliphatic carbocycles. The van der Waals surface area contributed by atoms with Crippen LogP contribution in [0.2, 0.25) is 0 Å². The third-order valence-electron chi connectivity index (χ3n) is 3.71. The highest BCUT2D eigenvalue weighted by atomic mass is 32.2. The minimum atomic E-state index is -0.0732. The van der Waals surface area contributed by atoms with Gasteiger partial charge in [0.2, 0.25) is 0 Å². The van der Waals surface area contributed by atoms with Gasteiger partial charge in [-0.2, -0.15) is 0 Å². The van der Waals surface area contributed by atoms with Gasteiger partial charge in [0.15, 0.2) is 5.17 Å². The molecule has 0 aromatic heterocycles. The SMILES string of the molecule is CC.CCC1(C)C=CN2C(=N1)SC1=C2C=CC(C)(C)C=N1. The van der Waals surface area contributed by atoms with Crippen molar-refractivity contribution in [2.24, 2.45) is 15.4 Å². The predicted molar refractivity (Wildman–Crippen MR) is 94.5 cm³/mol. The molecule has 4 heteroatoms. The highest BCUT2D eigenvalue weighted by Gasteiger charge is 2.34. The van der Waals surface area contributed by atoms with Crippen LogP contribution in [0.15, 0.2) is 45.1 Å². The number of allylic oxidation sites excluding steroid dienone is 2. The van der Waals surface area contributed by atoms with Crippen molar-refractivity contribution >= 4 is 23.1 Å². The summed E-state index contributed by atoms with van der Waals surface area (Å²) in [5.74, 6) is 0. The molecule has 0 radical (unpaired) electrons. The summed E-state index contributed by atoms with van der Waals surface area (Å²) in [4.78, 5) is 11.6. The molecule has 0 saturated heterocycles. The van der Waals surface area contributed by atoms with E-state index in [2.05, 4.69) is 62.0 Å². The van der Waals surface area contributed by atoms with Crippen LogP contribution in [0.3, 0.4) is 0 Å². The Morgan fingerprint density at radius 1 is 1.19 bits per heavy atom. The Labute approximate surface area is 132 Å². The van der Waals surface area contributed by atoms with Gasteiger partial charge in [0, 0.05) is 17.8 Å². The Hall–Kier alpha value is -1.29. The van der Waals surface area contributed by atoms with Crippen LogP contribution < -0.4 is 0 Å². The van der Waals surface area contributed by atoms with Crippen molar-refractivity contribution < 1.29 is 0 Å². The van der Waals surface area contributed by atoms with E-state index in [0.717, 1.165) is 22.3 Å². The van der Waals surface area contributed by atoms with Gasteiger partial charge in [0.25, 0.3) is 0 Å². The zero-order valence-corrected chi connectivity index (χ0v) is 14.7. The van der Waals surface area contributed by atoms with Gasteiger partial charge < -0.3 is 0 Å². The van der Waals surface area contributed by atoms with Crippen LogP contribution in [0, 0.1) is 5.41 Å². The summed E-state index contributed by atoms with van der Waals surface area (Å²) in [6, 6.07) is 0. The molecule has 21 heavy (non-hydrogen) atoms. The lowest BCUT2D eigenvalue weighted by Gasteiger charge is -2.28. The minimum Gasteiger partial charge on any atom is -0.294 e. The van der Waals surface area contributed by atoms with E-state index in [1.807, 2.05) is 20.1 Å². The Bertz CT molecular complexity index is 567. The number of hydrogen-bond acceptors (Lipinski definition) is 4. The zero-order chi connectivity index (χ0) is 15.7. The van der Waals surface area contributed by atoms with Crippen LogP contribution in [-0.2, 0) is 0 Å². The van der Waals surface area contributed by atoms with Crippen molar-refractivity contribution in [3.8, 4) is 0 Å². The maximum atomic E-state index is 4.85. The molecule has 0 N–H and O–H groups in total. The summed E-state index contributed by atoms with van der Waals surface area (Å²) in [5, 5.41) is 2.09. The highest BCUT2D eigenvalue weighted by molar-refractivity contribution is 8.17. The summed E-state index contributed by atoms with van der Waals surface area (Å²) in [5.41, 5.74) is 1.08. The molecular weight excluding hydrogens is 278 g/mol. The first-order valence-electron chi connectivity index (χ1n) is 7.67. The predicted octanol–water partition coefficient (Wildman–Crippen LogP) is 4.95. The maximum absolute atomic E-state index is 4.85. The second-order valence-electron chi connectivity index (χ2n) is 6.00. The third-order valence-corrected chi connectivity index (χ3v) is 4.69. The lowest BCUT2D eigenvalue weighted by atomic mass is 9.95. The molecule has 1 unspecified atom stereocenters. The monoisotopic (exact) mass is 303 g/mol. The minimum absolute atomic E-state index is 0.0135. The lowest BCUT2D eigenvalue weighted by molar-refractivity contribution is 0.529. The van der Waals surface area contributed by atoms with E-state index in [1.54, 1.807) is 11.8 Å². The Morgan fingerprint density at radius 3 is 2.57 bits per heavy atom. The van der Waals surface area contributed by atoms with Gasteiger partial charge in [0.1, 0.15) is 5.03 Å². The van der Waals surface area contributed by atoms with E-state index in [0.29, 0.717) is 0 Å². The number of amidine groups is 1. The van der Waals surface area contributed by atoms with Crippen molar-refractivity contribution in [1.82, 2.24) is 4.90 Å². The van der Waals surface area contributed by atoms with E-state index in [1.165, 1.54) is 0 Å². The van der Waals surface area contributed by atoms with Crippen LogP contribution in [0.1, 0.15) is 48.0 Å². The van der Waals surface area contributed by atoms with Gasteiger partial charge in [-0.3, -0.25) is 14.9 Å². The van der Waals surface area contributed by atoms with Crippen molar-refractivity contribution in [3.05, 3.63) is 35.2 Å². The first-order valence-corrected chi connectivity index (χ1v) is 8.49. The van der Waals surface area contributed by atoms with E-state index in [9.17, 15) is 0 Å². The smallest absolute Gasteiger partial charge is 0.175 e. The van der Waals surface area contributed by atoms with Gasteiger partial charge in [-0.15, -0.1) is 0 Å². The fraction of sp³-hybridized carbons (Fsp3) is 0.529. The Morgan fingerprint density at radius 2 is 1.90 bits per heavy atom. The standard InChI is InChI=1S/C15H19N3S.C2H6/c1-5-15(4)8-9-18-11-6-7-14(2,3)10-16-12(11)19-13(18)17-15;1-2/h6-10H,5H2,1-4H3;1-2H3. The second kappa shape index (κ2) is 5.84. The van der Waals surface area contributed by atoms with E-state index in [-0.39, 0.29) is 11.0 Å². The first-order chi connectivity index (χ1) is 9.92. The average molecular weight is 303 g/mol. The molecule has 3 nitrogen and oxygen atoms in total. The summed E-state index contributed by atoms with van der Waals surface area (Å²) < 4.78 is 0. The number of rotatable bonds is 1. The molecule has 1 atom stereocenters. The van der Waals surface area contributed by atoms with Gasteiger partial charge in [-0.05, 0) is 37.3 Å². The van der Waals surface area contributed by atoms with Gasteiger partial charge in [-0.1, -0.05) is 40.7 Å². The van der Waals surface area contributed by atoms with Crippen molar-refractivity contribution in [1.29, 1.82) is 0 Å². The van der Waals surface area contributed by atoms with Crippen LogP contribution in [0.25, 0.3) is 0 Å². The second-order valence-corrected chi connectivity index (χ2v) is 6.95. The number of aliphatic imine (C=N–C) groups is 2. The molecule has 0 spiro atoms. The van der Waals surface area contributed by atoms with Crippen molar-refractivity contribution in [2.45, 2.75) is 53.5 Å². The van der Waals surface area contributed by atoms with Crippen LogP contribution >= 0.6 is 11.8 Å². The maximum Gasteiger partial charge on any atom is 0.175 e. The largest absolute Gasteiger partial charge is 0.294 e. The van der Waals surface area contributed by atoms with Gasteiger partial charge in [0.05, 0.1) is 11.2 Å². The molecule has 3 aliphatic rings. The normalized spacial score (nSPS) is 28.5. The van der Waals surface area contributed by atoms with Gasteiger partial charge in [-0.25, -0.2) is 0 Å². The van der Waals surface area contributed by atoms with Crippen LogP contribution in [-0.4, -0.2) is 21.8 Å². The third kappa shape index (κ3) is 3.15. The number of fused-ring (bicyclic) bond motifs is 2. The molecule has 3 aliphatic heterocycles. The number of thioether (sulfide) groups is 1. The first kappa shape index (κ1) is 16.1. The summed E-state index contributed by atoms with van der Waals surface area (Å²) in [6.07, 6.45) is 11.7. The topological polar surface area (TPSA) is 28.0 Å². The number of nitrogens with zero attached hydrogens (tertiary/aromatic N) is 3. The van der Waals surface area contributed by atoms with E-state index >= 15 is 0 Å². The molecule has 3 heterocycles. The molecule has 0 bridgehead atoms. The quantitative estimate of drug-likeness (QED) is 0.685. The summed E-state index contributed by atoms with van der Waals surface area (Å²) >= 11 is 1.67. The van der Waals surface area contributed by atoms with E-state index in [4.69, 9.17) is 4.99 Å². The summed E-state index contributed by atoms with van der Waals surface area (Å²) in [6.45, 7) is 12.7. The van der Waals surface area contributed by atoms with Crippen molar-refractivity contribution in [2.75, 3.05) is 0 Å². The number of hydrogen-bond donors (Lipinski definition) is 0. The molecule has 0 amide bonds. The van der Waals surface area contributed by atoms with Crippen LogP contribution in [0.4, 0.5) is 0 Å². The molecule has 114 valence electrons. The molecule has 0 aromatic rings. The summed E-state index contributed by atoms with van der Waals surface area (Å²) in [7, 11) is 0. The average Bonchev–Trinajstić information content (AvgIpc) is 2.74. The van der Waals surface area contributed by atoms with Crippen LogP contribution in [0.5, 0.6) is 0 Å². The molecular formula is C17H25N3S.